The predicted molar refractivity (Wildman–Crippen MR) is 60.9 cm³/mol. The summed E-state index contributed by atoms with van der Waals surface area (Å²) in [5, 5.41) is 12.7. The summed E-state index contributed by atoms with van der Waals surface area (Å²) in [7, 11) is 0. The van der Waals surface area contributed by atoms with Gasteiger partial charge in [0.1, 0.15) is 18.6 Å². The highest BCUT2D eigenvalue weighted by molar-refractivity contribution is 9.10. The molecule has 16 heavy (non-hydrogen) atoms. The molecular weight excluding hydrogens is 274 g/mol. The second kappa shape index (κ2) is 5.14. The van der Waals surface area contributed by atoms with Gasteiger partial charge in [0, 0.05) is 15.6 Å². The first-order chi connectivity index (χ1) is 7.79. The third-order valence-electron chi connectivity index (χ3n) is 2.07. The minimum absolute atomic E-state index is 0.0571. The Bertz CT molecular complexity index is 456. The number of hydrogen-bond acceptors (Lipinski definition) is 4. The molecule has 2 rings (SSSR count). The maximum Gasteiger partial charge on any atom is 0.130 e. The number of aliphatic hydroxyl groups is 1. The van der Waals surface area contributed by atoms with Gasteiger partial charge >= 0.3 is 0 Å². The first-order valence-corrected chi connectivity index (χ1v) is 5.49. The molecule has 5 heteroatoms. The smallest absolute Gasteiger partial charge is 0.130 e. The summed E-state index contributed by atoms with van der Waals surface area (Å²) in [6.07, 6.45) is 3.12. The summed E-state index contributed by atoms with van der Waals surface area (Å²) < 4.78 is 11.1. The first kappa shape index (κ1) is 11.2. The molecule has 1 aromatic heterocycles. The summed E-state index contributed by atoms with van der Waals surface area (Å²) >= 11 is 3.34. The van der Waals surface area contributed by atoms with Crippen molar-refractivity contribution in [2.45, 2.75) is 13.2 Å². The van der Waals surface area contributed by atoms with Crippen molar-refractivity contribution in [2.75, 3.05) is 0 Å². The number of rotatable bonds is 4. The van der Waals surface area contributed by atoms with Gasteiger partial charge in [-0.3, -0.25) is 0 Å². The first-order valence-electron chi connectivity index (χ1n) is 4.70. The average Bonchev–Trinajstić information content (AvgIpc) is 2.80. The molecule has 1 N–H and O–H groups in total. The Kier molecular flexibility index (Phi) is 3.58. The van der Waals surface area contributed by atoms with Crippen LogP contribution in [-0.4, -0.2) is 10.3 Å². The highest BCUT2D eigenvalue weighted by atomic mass is 79.9. The Morgan fingerprint density at radius 1 is 1.44 bits per heavy atom. The second-order valence-corrected chi connectivity index (χ2v) is 4.15. The zero-order chi connectivity index (χ0) is 11.4. The van der Waals surface area contributed by atoms with Crippen molar-refractivity contribution in [2.24, 2.45) is 0 Å². The maximum atomic E-state index is 9.17. The molecule has 0 aliphatic rings. The van der Waals surface area contributed by atoms with Crippen LogP contribution in [0, 0.1) is 0 Å². The van der Waals surface area contributed by atoms with E-state index < -0.39 is 0 Å². The van der Waals surface area contributed by atoms with Gasteiger partial charge in [-0.25, -0.2) is 0 Å². The monoisotopic (exact) mass is 283 g/mol. The third-order valence-corrected chi connectivity index (χ3v) is 2.56. The fraction of sp³-hybridized carbons (Fsp3) is 0.182. The normalized spacial score (nSPS) is 10.4. The van der Waals surface area contributed by atoms with Crippen LogP contribution in [0.3, 0.4) is 0 Å². The van der Waals surface area contributed by atoms with Crippen molar-refractivity contribution in [1.29, 1.82) is 0 Å². The van der Waals surface area contributed by atoms with Gasteiger partial charge in [-0.2, -0.15) is 0 Å². The Morgan fingerprint density at radius 2 is 2.31 bits per heavy atom. The number of aromatic nitrogens is 1. The van der Waals surface area contributed by atoms with E-state index in [1.54, 1.807) is 6.20 Å². The number of hydrogen-bond donors (Lipinski definition) is 1. The second-order valence-electron chi connectivity index (χ2n) is 3.23. The summed E-state index contributed by atoms with van der Waals surface area (Å²) in [5.41, 5.74) is 1.60. The highest BCUT2D eigenvalue weighted by Gasteiger charge is 2.04. The lowest BCUT2D eigenvalue weighted by Crippen LogP contribution is -1.97. The minimum Gasteiger partial charge on any atom is -0.488 e. The molecule has 4 nitrogen and oxygen atoms in total. The minimum atomic E-state index is -0.0571. The molecule has 0 amide bonds. The Morgan fingerprint density at radius 3 is 3.00 bits per heavy atom. The van der Waals surface area contributed by atoms with Gasteiger partial charge in [0.2, 0.25) is 0 Å². The predicted octanol–water partition coefficient (Wildman–Crippen LogP) is 2.51. The summed E-state index contributed by atoms with van der Waals surface area (Å²) in [6.45, 7) is 0.316. The van der Waals surface area contributed by atoms with Crippen LogP contribution in [0.1, 0.15) is 11.1 Å². The third kappa shape index (κ3) is 2.62. The largest absolute Gasteiger partial charge is 0.488 e. The van der Waals surface area contributed by atoms with Crippen molar-refractivity contribution in [3.63, 3.8) is 0 Å². The Balaban J connectivity index is 2.09. The van der Waals surface area contributed by atoms with Gasteiger partial charge in [0.05, 0.1) is 12.8 Å². The van der Waals surface area contributed by atoms with Gasteiger partial charge in [-0.1, -0.05) is 21.1 Å². The van der Waals surface area contributed by atoms with E-state index in [9.17, 15) is 0 Å². The molecule has 1 aromatic carbocycles. The van der Waals surface area contributed by atoms with E-state index >= 15 is 0 Å². The number of aliphatic hydroxyl groups excluding tert-OH is 1. The molecule has 0 aliphatic carbocycles. The quantitative estimate of drug-likeness (QED) is 0.937. The molecule has 1 heterocycles. The number of nitrogens with zero attached hydrogens (tertiary/aromatic N) is 1. The van der Waals surface area contributed by atoms with Gasteiger partial charge < -0.3 is 14.4 Å². The lowest BCUT2D eigenvalue weighted by atomic mass is 10.2. The summed E-state index contributed by atoms with van der Waals surface area (Å²) in [5.74, 6) is 0.659. The summed E-state index contributed by atoms with van der Waals surface area (Å²) in [4.78, 5) is 0. The van der Waals surface area contributed by atoms with Crippen molar-refractivity contribution < 1.29 is 14.4 Å². The molecule has 0 atom stereocenters. The standard InChI is InChI=1S/C11H10BrNO3/c12-10-1-2-11(9(3-10)5-14)15-6-8-4-13-16-7-8/h1-4,7,14H,5-6H2. The fourth-order valence-electron chi connectivity index (χ4n) is 1.27. The summed E-state index contributed by atoms with van der Waals surface area (Å²) in [6, 6.07) is 5.49. The van der Waals surface area contributed by atoms with Crippen LogP contribution in [0.15, 0.2) is 39.7 Å². The molecular formula is C11H10BrNO3. The highest BCUT2D eigenvalue weighted by Crippen LogP contribution is 2.24. The number of ether oxygens (including phenoxy) is 1. The van der Waals surface area contributed by atoms with Crippen LogP contribution < -0.4 is 4.74 Å². The fourth-order valence-corrected chi connectivity index (χ4v) is 1.68. The maximum absolute atomic E-state index is 9.17. The zero-order valence-electron chi connectivity index (χ0n) is 8.39. The van der Waals surface area contributed by atoms with Crippen LogP contribution >= 0.6 is 15.9 Å². The molecule has 0 radical (unpaired) electrons. The molecule has 0 fully saturated rings. The lowest BCUT2D eigenvalue weighted by molar-refractivity contribution is 0.258. The van der Waals surface area contributed by atoms with E-state index in [-0.39, 0.29) is 6.61 Å². The van der Waals surface area contributed by atoms with Crippen molar-refractivity contribution in [3.8, 4) is 5.75 Å². The van der Waals surface area contributed by atoms with Crippen LogP contribution in [-0.2, 0) is 13.2 Å². The molecule has 0 bridgehead atoms. The molecule has 2 aromatic rings. The number of halogens is 1. The molecule has 0 aliphatic heterocycles. The van der Waals surface area contributed by atoms with Crippen LogP contribution in [0.5, 0.6) is 5.75 Å². The molecule has 84 valence electrons. The van der Waals surface area contributed by atoms with Gasteiger partial charge in [-0.05, 0) is 18.2 Å². The molecule has 0 spiro atoms. The Labute approximate surface area is 101 Å². The Hall–Kier alpha value is -1.33. The number of benzene rings is 1. The van der Waals surface area contributed by atoms with Gasteiger partial charge in [0.25, 0.3) is 0 Å². The van der Waals surface area contributed by atoms with E-state index in [2.05, 4.69) is 21.1 Å². The SMILES string of the molecule is OCc1cc(Br)ccc1OCc1cnoc1. The van der Waals surface area contributed by atoms with Crippen molar-refractivity contribution >= 4 is 15.9 Å². The van der Waals surface area contributed by atoms with E-state index in [4.69, 9.17) is 14.4 Å². The lowest BCUT2D eigenvalue weighted by Gasteiger charge is -2.09. The molecule has 0 saturated heterocycles. The van der Waals surface area contributed by atoms with Crippen LogP contribution in [0.4, 0.5) is 0 Å². The zero-order valence-corrected chi connectivity index (χ0v) is 9.98. The van der Waals surface area contributed by atoms with E-state index in [1.807, 2.05) is 18.2 Å². The van der Waals surface area contributed by atoms with E-state index in [0.717, 1.165) is 15.6 Å². The van der Waals surface area contributed by atoms with Crippen molar-refractivity contribution in [1.82, 2.24) is 5.16 Å². The van der Waals surface area contributed by atoms with Gasteiger partial charge in [-0.15, -0.1) is 0 Å². The van der Waals surface area contributed by atoms with Crippen LogP contribution in [0.25, 0.3) is 0 Å². The van der Waals surface area contributed by atoms with Crippen LogP contribution in [0.2, 0.25) is 0 Å². The van der Waals surface area contributed by atoms with Crippen molar-refractivity contribution in [3.05, 3.63) is 46.3 Å². The van der Waals surface area contributed by atoms with E-state index in [1.165, 1.54) is 6.26 Å². The van der Waals surface area contributed by atoms with E-state index in [0.29, 0.717) is 12.4 Å². The van der Waals surface area contributed by atoms with Gasteiger partial charge in [0.15, 0.2) is 0 Å². The topological polar surface area (TPSA) is 55.5 Å². The molecule has 0 saturated carbocycles. The average molecular weight is 284 g/mol. The molecule has 0 unspecified atom stereocenters.